The molecule has 0 radical (unpaired) electrons. The van der Waals surface area contributed by atoms with E-state index in [1.165, 1.54) is 97.3 Å². The second-order valence-corrected chi connectivity index (χ2v) is 17.9. The van der Waals surface area contributed by atoms with Gasteiger partial charge in [-0.05, 0) is 196 Å². The van der Waals surface area contributed by atoms with Crippen molar-refractivity contribution in [3.05, 3.63) is 242 Å². The summed E-state index contributed by atoms with van der Waals surface area (Å²) >= 11 is 0. The molecule has 0 spiro atoms. The third-order valence-electron chi connectivity index (χ3n) is 13.8. The highest BCUT2D eigenvalue weighted by Crippen LogP contribution is 2.46. The molecule has 0 unspecified atom stereocenters. The highest BCUT2D eigenvalue weighted by atomic mass is 15.1. The molecule has 0 N–H and O–H groups in total. The lowest BCUT2D eigenvalue weighted by Crippen LogP contribution is -2.10. The zero-order valence-electron chi connectivity index (χ0n) is 36.8. The second-order valence-electron chi connectivity index (χ2n) is 17.9. The van der Waals surface area contributed by atoms with Gasteiger partial charge in [0.05, 0.1) is 0 Å². The van der Waals surface area contributed by atoms with Crippen LogP contribution in [0.4, 0.5) is 34.1 Å². The van der Waals surface area contributed by atoms with Crippen LogP contribution < -0.4 is 9.80 Å². The summed E-state index contributed by atoms with van der Waals surface area (Å²) in [5.41, 5.74) is 9.27. The normalized spacial score (nSPS) is 11.8. The Morgan fingerprint density at radius 1 is 0.197 bits per heavy atom. The first-order valence-electron chi connectivity index (χ1n) is 22.9. The van der Waals surface area contributed by atoms with Gasteiger partial charge >= 0.3 is 0 Å². The molecule has 66 heavy (non-hydrogen) atoms. The molecule has 0 aliphatic carbocycles. The van der Waals surface area contributed by atoms with Gasteiger partial charge in [-0.3, -0.25) is 0 Å². The first-order chi connectivity index (χ1) is 32.5. The Morgan fingerprint density at radius 3 is 0.894 bits per heavy atom. The summed E-state index contributed by atoms with van der Waals surface area (Å²) in [6, 6.07) is 85.6. The molecule has 0 heterocycles. The van der Waals surface area contributed by atoms with Crippen LogP contribution in [-0.4, -0.2) is 0 Å². The van der Waals surface area contributed by atoms with Gasteiger partial charge in [0, 0.05) is 34.1 Å². The van der Waals surface area contributed by atoms with E-state index in [4.69, 9.17) is 0 Å². The number of hydrogen-bond donors (Lipinski definition) is 0. The van der Waals surface area contributed by atoms with Crippen molar-refractivity contribution in [1.29, 1.82) is 0 Å². The minimum atomic E-state index is 1.13. The van der Waals surface area contributed by atoms with Crippen LogP contribution in [0.2, 0.25) is 0 Å². The van der Waals surface area contributed by atoms with Gasteiger partial charge in [-0.2, -0.15) is 0 Å². The summed E-state index contributed by atoms with van der Waals surface area (Å²) in [4.78, 5) is 4.82. The molecule has 310 valence electrons. The topological polar surface area (TPSA) is 6.48 Å². The highest BCUT2D eigenvalue weighted by molar-refractivity contribution is 6.33. The van der Waals surface area contributed by atoms with Crippen molar-refractivity contribution < 1.29 is 0 Å². The van der Waals surface area contributed by atoms with Gasteiger partial charge < -0.3 is 9.80 Å². The number of fused-ring (bicyclic) bond motifs is 14. The van der Waals surface area contributed by atoms with Gasteiger partial charge in [-0.1, -0.05) is 146 Å². The van der Waals surface area contributed by atoms with E-state index < -0.39 is 0 Å². The first kappa shape index (κ1) is 38.0. The molecule has 2 heteroatoms. The molecular weight excluding hydrogens is 797 g/mol. The molecule has 0 aliphatic heterocycles. The van der Waals surface area contributed by atoms with Crippen molar-refractivity contribution in [3.8, 4) is 0 Å². The van der Waals surface area contributed by atoms with E-state index in [0.29, 0.717) is 0 Å². The lowest BCUT2D eigenvalue weighted by atomic mass is 9.88. The van der Waals surface area contributed by atoms with E-state index in [1.807, 2.05) is 0 Å². The standard InChI is InChI=1S/C64H44N2/c1-41-13-11-19-47(33-41)65(49-27-25-43-15-3-5-17-45(43)35-49)51-29-31-57-59(37-51)53-21-7-9-23-55(53)61-40-64-58-32-30-52(38-60(58)54-22-8-10-24-56(54)62(64)39-63(57)61)66(48-20-12-14-42(2)34-48)50-28-26-44-16-4-6-18-46(44)36-50/h3-40H,1-2H3. The molecule has 2 nitrogen and oxygen atoms in total. The number of anilines is 6. The number of rotatable bonds is 6. The molecule has 13 rings (SSSR count). The molecule has 0 bridgehead atoms. The van der Waals surface area contributed by atoms with Crippen molar-refractivity contribution in [2.24, 2.45) is 0 Å². The second kappa shape index (κ2) is 15.1. The molecule has 0 aliphatic rings. The molecule has 0 fully saturated rings. The van der Waals surface area contributed by atoms with Crippen molar-refractivity contribution in [3.63, 3.8) is 0 Å². The maximum atomic E-state index is 2.48. The summed E-state index contributed by atoms with van der Waals surface area (Å²) in [5.74, 6) is 0. The molecule has 0 atom stereocenters. The van der Waals surface area contributed by atoms with Gasteiger partial charge in [0.15, 0.2) is 0 Å². The smallest absolute Gasteiger partial charge is 0.0468 e. The van der Waals surface area contributed by atoms with Crippen LogP contribution in [0.1, 0.15) is 11.1 Å². The minimum Gasteiger partial charge on any atom is -0.310 e. The van der Waals surface area contributed by atoms with Crippen molar-refractivity contribution in [1.82, 2.24) is 0 Å². The van der Waals surface area contributed by atoms with Gasteiger partial charge in [0.1, 0.15) is 0 Å². The van der Waals surface area contributed by atoms with Crippen LogP contribution in [0.15, 0.2) is 231 Å². The van der Waals surface area contributed by atoms with Gasteiger partial charge in [-0.25, -0.2) is 0 Å². The summed E-state index contributed by atoms with van der Waals surface area (Å²) in [6.45, 7) is 4.34. The van der Waals surface area contributed by atoms with E-state index in [9.17, 15) is 0 Å². The van der Waals surface area contributed by atoms with Gasteiger partial charge in [-0.15, -0.1) is 0 Å². The molecule has 0 saturated carbocycles. The summed E-state index contributed by atoms with van der Waals surface area (Å²) in [5, 5.41) is 20.0. The number of aryl methyl sites for hydroxylation is 2. The molecular formula is C64H44N2. The number of hydrogen-bond acceptors (Lipinski definition) is 2. The van der Waals surface area contributed by atoms with Crippen molar-refractivity contribution >= 4 is 120 Å². The molecule has 0 aromatic heterocycles. The summed E-state index contributed by atoms with van der Waals surface area (Å²) in [6.07, 6.45) is 0. The molecule has 0 amide bonds. The summed E-state index contributed by atoms with van der Waals surface area (Å²) in [7, 11) is 0. The van der Waals surface area contributed by atoms with Crippen LogP contribution in [-0.2, 0) is 0 Å². The Morgan fingerprint density at radius 2 is 0.500 bits per heavy atom. The Labute approximate surface area is 383 Å². The largest absolute Gasteiger partial charge is 0.310 e. The van der Waals surface area contributed by atoms with Crippen LogP contribution in [0.5, 0.6) is 0 Å². The third kappa shape index (κ3) is 6.18. The van der Waals surface area contributed by atoms with Crippen LogP contribution >= 0.6 is 0 Å². The van der Waals surface area contributed by atoms with Crippen LogP contribution in [0.3, 0.4) is 0 Å². The highest BCUT2D eigenvalue weighted by Gasteiger charge is 2.20. The SMILES string of the molecule is Cc1cccc(N(c2ccc3ccccc3c2)c2ccc3c(c2)c2ccccc2c2cc4c5ccc(N(c6cccc(C)c6)c6ccc7ccccc7c6)cc5c5ccccc5c4cc32)c1. The lowest BCUT2D eigenvalue weighted by Gasteiger charge is -2.27. The Balaban J connectivity index is 1.04. The van der Waals surface area contributed by atoms with Crippen molar-refractivity contribution in [2.75, 3.05) is 9.80 Å². The Hall–Kier alpha value is -8.46. The van der Waals surface area contributed by atoms with E-state index in [2.05, 4.69) is 254 Å². The van der Waals surface area contributed by atoms with E-state index >= 15 is 0 Å². The molecule has 0 saturated heterocycles. The third-order valence-corrected chi connectivity index (χ3v) is 13.8. The fraction of sp³-hybridized carbons (Fsp3) is 0.0312. The van der Waals surface area contributed by atoms with E-state index in [-0.39, 0.29) is 0 Å². The average Bonchev–Trinajstić information content (AvgIpc) is 3.36. The zero-order chi connectivity index (χ0) is 43.9. The van der Waals surface area contributed by atoms with E-state index in [0.717, 1.165) is 34.1 Å². The summed E-state index contributed by atoms with van der Waals surface area (Å²) < 4.78 is 0. The van der Waals surface area contributed by atoms with Gasteiger partial charge in [0.2, 0.25) is 0 Å². The van der Waals surface area contributed by atoms with E-state index in [1.54, 1.807) is 0 Å². The predicted octanol–water partition coefficient (Wildman–Crippen LogP) is 18.5. The Bertz CT molecular complexity index is 3840. The monoisotopic (exact) mass is 840 g/mol. The molecule has 13 aromatic rings. The zero-order valence-corrected chi connectivity index (χ0v) is 36.8. The molecule has 13 aromatic carbocycles. The average molecular weight is 841 g/mol. The first-order valence-corrected chi connectivity index (χ1v) is 22.9. The minimum absolute atomic E-state index is 1.13. The quantitative estimate of drug-likeness (QED) is 0.122. The Kier molecular flexibility index (Phi) is 8.69. The number of nitrogens with zero attached hydrogens (tertiary/aromatic N) is 2. The maximum Gasteiger partial charge on any atom is 0.0468 e. The fourth-order valence-electron chi connectivity index (χ4n) is 10.7. The van der Waals surface area contributed by atoms with Crippen molar-refractivity contribution in [2.45, 2.75) is 13.8 Å². The lowest BCUT2D eigenvalue weighted by molar-refractivity contribution is 1.28. The fourth-order valence-corrected chi connectivity index (χ4v) is 10.7. The van der Waals surface area contributed by atoms with Gasteiger partial charge in [0.25, 0.3) is 0 Å². The van der Waals surface area contributed by atoms with Crippen LogP contribution in [0.25, 0.3) is 86.2 Å². The van der Waals surface area contributed by atoms with Crippen LogP contribution in [0, 0.1) is 13.8 Å². The number of benzene rings is 13. The maximum absolute atomic E-state index is 2.48. The predicted molar refractivity (Wildman–Crippen MR) is 285 cm³/mol.